The number of hydrogen-bond acceptors (Lipinski definition) is 3. The zero-order chi connectivity index (χ0) is 11.1. The number of halogens is 1. The summed E-state index contributed by atoms with van der Waals surface area (Å²) < 4.78 is 5.27. The summed E-state index contributed by atoms with van der Waals surface area (Å²) in [4.78, 5) is 10.7. The number of hydrogen-bond donors (Lipinski definition) is 2. The van der Waals surface area contributed by atoms with Crippen LogP contribution in [0, 0.1) is 0 Å². The van der Waals surface area contributed by atoms with Crippen LogP contribution in [-0.4, -0.2) is 12.5 Å². The van der Waals surface area contributed by atoms with Crippen LogP contribution in [0.25, 0.3) is 0 Å². The van der Waals surface area contributed by atoms with Gasteiger partial charge < -0.3 is 4.74 Å². The summed E-state index contributed by atoms with van der Waals surface area (Å²) in [5.74, 6) is 4.68. The lowest BCUT2D eigenvalue weighted by Crippen LogP contribution is -2.30. The first-order chi connectivity index (χ1) is 7.22. The lowest BCUT2D eigenvalue weighted by atomic mass is 10.2. The summed E-state index contributed by atoms with van der Waals surface area (Å²) >= 11 is 5.79. The molecule has 1 aromatic carbocycles. The first-order valence-corrected chi connectivity index (χ1v) is 4.92. The quantitative estimate of drug-likeness (QED) is 0.345. The predicted octanol–water partition coefficient (Wildman–Crippen LogP) is 1.24. The molecule has 0 aliphatic heterocycles. The van der Waals surface area contributed by atoms with Crippen molar-refractivity contribution >= 4 is 17.5 Å². The van der Waals surface area contributed by atoms with Gasteiger partial charge in [-0.1, -0.05) is 23.7 Å². The molecular formula is C10H13ClN2O2. The van der Waals surface area contributed by atoms with Crippen LogP contribution in [0.2, 0.25) is 5.02 Å². The Hall–Kier alpha value is -1.10. The molecule has 0 heterocycles. The maximum absolute atomic E-state index is 10.7. The fourth-order valence-electron chi connectivity index (χ4n) is 1.05. The number of hydrazine groups is 1. The first kappa shape index (κ1) is 12.0. The van der Waals surface area contributed by atoms with E-state index in [4.69, 9.17) is 22.2 Å². The minimum absolute atomic E-state index is 0.235. The normalized spacial score (nSPS) is 10.0. The minimum Gasteiger partial charge on any atom is -0.376 e. The van der Waals surface area contributed by atoms with Crippen LogP contribution in [0.1, 0.15) is 12.0 Å². The third kappa shape index (κ3) is 4.78. The minimum atomic E-state index is -0.235. The Morgan fingerprint density at radius 3 is 3.00 bits per heavy atom. The van der Waals surface area contributed by atoms with E-state index in [1.807, 2.05) is 23.6 Å². The van der Waals surface area contributed by atoms with Crippen molar-refractivity contribution in [1.82, 2.24) is 5.43 Å². The van der Waals surface area contributed by atoms with Gasteiger partial charge in [0.05, 0.1) is 19.6 Å². The van der Waals surface area contributed by atoms with Gasteiger partial charge in [0, 0.05) is 5.02 Å². The van der Waals surface area contributed by atoms with Crippen LogP contribution in [0.4, 0.5) is 0 Å². The Kier molecular flexibility index (Phi) is 5.10. The van der Waals surface area contributed by atoms with E-state index in [1.54, 1.807) is 6.07 Å². The van der Waals surface area contributed by atoms with Crippen LogP contribution in [-0.2, 0) is 16.1 Å². The Balaban J connectivity index is 2.23. The summed E-state index contributed by atoms with van der Waals surface area (Å²) in [5.41, 5.74) is 3.01. The van der Waals surface area contributed by atoms with E-state index in [1.165, 1.54) is 0 Å². The van der Waals surface area contributed by atoms with Crippen molar-refractivity contribution in [1.29, 1.82) is 0 Å². The van der Waals surface area contributed by atoms with E-state index in [-0.39, 0.29) is 12.3 Å². The molecule has 15 heavy (non-hydrogen) atoms. The number of nitrogens with one attached hydrogen (secondary N) is 1. The maximum Gasteiger partial charge on any atom is 0.236 e. The molecule has 0 atom stereocenters. The van der Waals surface area contributed by atoms with Gasteiger partial charge >= 0.3 is 0 Å². The third-order valence-corrected chi connectivity index (χ3v) is 2.03. The average molecular weight is 229 g/mol. The number of carbonyl (C=O) groups excluding carboxylic acids is 1. The number of nitrogens with two attached hydrogens (primary N) is 1. The van der Waals surface area contributed by atoms with Gasteiger partial charge in [-0.25, -0.2) is 5.84 Å². The zero-order valence-electron chi connectivity index (χ0n) is 8.20. The molecule has 0 saturated carbocycles. The molecule has 82 valence electrons. The highest BCUT2D eigenvalue weighted by Crippen LogP contribution is 2.11. The van der Waals surface area contributed by atoms with Crippen LogP contribution < -0.4 is 11.3 Å². The number of ether oxygens (including phenoxy) is 1. The summed E-state index contributed by atoms with van der Waals surface area (Å²) in [6.45, 7) is 0.786. The number of benzene rings is 1. The van der Waals surface area contributed by atoms with E-state index < -0.39 is 0 Å². The molecule has 0 bridgehead atoms. The molecular weight excluding hydrogens is 216 g/mol. The number of rotatable bonds is 5. The summed E-state index contributed by atoms with van der Waals surface area (Å²) in [6.07, 6.45) is 0.261. The molecule has 0 aliphatic rings. The van der Waals surface area contributed by atoms with Gasteiger partial charge in [-0.05, 0) is 17.7 Å². The molecule has 3 N–H and O–H groups in total. The van der Waals surface area contributed by atoms with E-state index >= 15 is 0 Å². The van der Waals surface area contributed by atoms with Gasteiger partial charge in [0.15, 0.2) is 0 Å². The lowest BCUT2D eigenvalue weighted by molar-refractivity contribution is -0.122. The maximum atomic E-state index is 10.7. The van der Waals surface area contributed by atoms with Crippen molar-refractivity contribution in [2.75, 3.05) is 6.61 Å². The molecule has 0 aliphatic carbocycles. The van der Waals surface area contributed by atoms with Crippen molar-refractivity contribution in [2.45, 2.75) is 13.0 Å². The smallest absolute Gasteiger partial charge is 0.236 e. The van der Waals surface area contributed by atoms with E-state index in [9.17, 15) is 4.79 Å². The molecule has 0 fully saturated rings. The van der Waals surface area contributed by atoms with Gasteiger partial charge in [0.25, 0.3) is 0 Å². The molecule has 0 spiro atoms. The Morgan fingerprint density at radius 1 is 1.53 bits per heavy atom. The molecule has 1 amide bonds. The molecule has 0 unspecified atom stereocenters. The standard InChI is InChI=1S/C10H13ClN2O2/c11-9-3-1-2-8(6-9)7-15-5-4-10(14)13-12/h1-3,6H,4-5,7,12H2,(H,13,14). The van der Waals surface area contributed by atoms with Gasteiger partial charge in [-0.3, -0.25) is 10.2 Å². The Labute approximate surface area is 93.3 Å². The molecule has 5 heteroatoms. The second-order valence-corrected chi connectivity index (χ2v) is 3.44. The van der Waals surface area contributed by atoms with E-state index in [0.717, 1.165) is 5.56 Å². The van der Waals surface area contributed by atoms with Crippen LogP contribution in [0.5, 0.6) is 0 Å². The number of amides is 1. The third-order valence-electron chi connectivity index (χ3n) is 1.79. The monoisotopic (exact) mass is 228 g/mol. The second kappa shape index (κ2) is 6.40. The molecule has 1 rings (SSSR count). The van der Waals surface area contributed by atoms with Crippen LogP contribution >= 0.6 is 11.6 Å². The summed E-state index contributed by atoms with van der Waals surface area (Å²) in [6, 6.07) is 7.39. The van der Waals surface area contributed by atoms with Crippen LogP contribution in [0.3, 0.4) is 0 Å². The fourth-order valence-corrected chi connectivity index (χ4v) is 1.27. The Morgan fingerprint density at radius 2 is 2.33 bits per heavy atom. The van der Waals surface area contributed by atoms with Gasteiger partial charge in [-0.2, -0.15) is 0 Å². The fraction of sp³-hybridized carbons (Fsp3) is 0.300. The topological polar surface area (TPSA) is 64.3 Å². The largest absolute Gasteiger partial charge is 0.376 e. The average Bonchev–Trinajstić information content (AvgIpc) is 2.24. The van der Waals surface area contributed by atoms with E-state index in [0.29, 0.717) is 18.2 Å². The SMILES string of the molecule is NNC(=O)CCOCc1cccc(Cl)c1. The summed E-state index contributed by atoms with van der Waals surface area (Å²) in [7, 11) is 0. The lowest BCUT2D eigenvalue weighted by Gasteiger charge is -2.04. The van der Waals surface area contributed by atoms with Gasteiger partial charge in [0.1, 0.15) is 0 Å². The van der Waals surface area contributed by atoms with Gasteiger partial charge in [-0.15, -0.1) is 0 Å². The molecule has 1 aromatic rings. The highest BCUT2D eigenvalue weighted by molar-refractivity contribution is 6.30. The number of carbonyl (C=O) groups is 1. The molecule has 0 radical (unpaired) electrons. The molecule has 4 nitrogen and oxygen atoms in total. The summed E-state index contributed by atoms with van der Waals surface area (Å²) in [5, 5.41) is 0.677. The second-order valence-electron chi connectivity index (χ2n) is 3.00. The Bertz CT molecular complexity index is 331. The highest BCUT2D eigenvalue weighted by Gasteiger charge is 1.98. The van der Waals surface area contributed by atoms with Crippen molar-refractivity contribution in [2.24, 2.45) is 5.84 Å². The highest BCUT2D eigenvalue weighted by atomic mass is 35.5. The first-order valence-electron chi connectivity index (χ1n) is 4.54. The predicted molar refractivity (Wildman–Crippen MR) is 58.1 cm³/mol. The van der Waals surface area contributed by atoms with Gasteiger partial charge in [0.2, 0.25) is 5.91 Å². The molecule has 0 saturated heterocycles. The van der Waals surface area contributed by atoms with Crippen molar-refractivity contribution in [3.05, 3.63) is 34.9 Å². The zero-order valence-corrected chi connectivity index (χ0v) is 8.96. The van der Waals surface area contributed by atoms with Crippen molar-refractivity contribution in [3.8, 4) is 0 Å². The van der Waals surface area contributed by atoms with Crippen LogP contribution in [0.15, 0.2) is 24.3 Å². The van der Waals surface area contributed by atoms with E-state index in [2.05, 4.69) is 0 Å². The van der Waals surface area contributed by atoms with Crippen molar-refractivity contribution in [3.63, 3.8) is 0 Å². The molecule has 0 aromatic heterocycles. The van der Waals surface area contributed by atoms with Crippen molar-refractivity contribution < 1.29 is 9.53 Å².